The molecule has 0 rings (SSSR count). The summed E-state index contributed by atoms with van der Waals surface area (Å²) in [5.74, 6) is 1.32. The van der Waals surface area contributed by atoms with Crippen LogP contribution in [0.15, 0.2) is 0 Å². The van der Waals surface area contributed by atoms with E-state index in [1.54, 1.807) is 0 Å². The van der Waals surface area contributed by atoms with Gasteiger partial charge in [0.2, 0.25) is 0 Å². The van der Waals surface area contributed by atoms with Crippen molar-refractivity contribution in [3.63, 3.8) is 0 Å². The predicted molar refractivity (Wildman–Crippen MR) is 43.1 cm³/mol. The Bertz CT molecular complexity index is 85.1. The Morgan fingerprint density at radius 2 is 2.33 bits per heavy atom. The summed E-state index contributed by atoms with van der Waals surface area (Å²) >= 11 is 6.70. The Hall–Kier alpha value is 0.310. The first-order valence-corrected chi connectivity index (χ1v) is 4.54. The van der Waals surface area contributed by atoms with Crippen molar-refractivity contribution in [2.24, 2.45) is 0 Å². The Labute approximate surface area is 65.2 Å². The molecule has 0 N–H and O–H groups in total. The molecule has 3 heteroatoms. The standard InChI is InChI=1S/C6H11ClOS/c1-2-3-6(8)9-5-4-7/h2-5H2,1H3. The summed E-state index contributed by atoms with van der Waals surface area (Å²) < 4.78 is 0. The zero-order valence-corrected chi connectivity index (χ0v) is 7.10. The maximum atomic E-state index is 10.7. The van der Waals surface area contributed by atoms with Crippen LogP contribution in [0.3, 0.4) is 0 Å². The second kappa shape index (κ2) is 6.43. The number of hydrogen-bond donors (Lipinski definition) is 0. The fourth-order valence-corrected chi connectivity index (χ4v) is 1.31. The van der Waals surface area contributed by atoms with Crippen LogP contribution in [0.25, 0.3) is 0 Å². The monoisotopic (exact) mass is 166 g/mol. The van der Waals surface area contributed by atoms with Crippen LogP contribution in [0.2, 0.25) is 0 Å². The van der Waals surface area contributed by atoms with E-state index in [9.17, 15) is 4.79 Å². The smallest absolute Gasteiger partial charge is 0.188 e. The van der Waals surface area contributed by atoms with Crippen LogP contribution in [-0.2, 0) is 4.79 Å². The minimum Gasteiger partial charge on any atom is -0.287 e. The molecule has 0 aliphatic carbocycles. The molecule has 54 valence electrons. The van der Waals surface area contributed by atoms with Gasteiger partial charge in [-0.05, 0) is 6.42 Å². The third-order valence-electron chi connectivity index (χ3n) is 0.794. The molecule has 0 radical (unpaired) electrons. The zero-order chi connectivity index (χ0) is 7.11. The summed E-state index contributed by atoms with van der Waals surface area (Å²) in [4.78, 5) is 10.7. The third kappa shape index (κ3) is 6.19. The number of carbonyl (C=O) groups excluding carboxylic acids is 1. The third-order valence-corrected chi connectivity index (χ3v) is 2.14. The number of hydrogen-bond acceptors (Lipinski definition) is 2. The molecule has 0 aliphatic rings. The second-order valence-electron chi connectivity index (χ2n) is 1.66. The van der Waals surface area contributed by atoms with Crippen LogP contribution in [0, 0.1) is 0 Å². The number of halogens is 1. The van der Waals surface area contributed by atoms with Gasteiger partial charge in [-0.15, -0.1) is 11.6 Å². The lowest BCUT2D eigenvalue weighted by atomic mass is 10.4. The first kappa shape index (κ1) is 9.31. The SMILES string of the molecule is CCCC(=O)SCCCl. The summed E-state index contributed by atoms with van der Waals surface area (Å²) in [5, 5.41) is 0.262. The zero-order valence-electron chi connectivity index (χ0n) is 5.52. The second-order valence-corrected chi connectivity index (χ2v) is 3.19. The van der Waals surface area contributed by atoms with E-state index >= 15 is 0 Å². The van der Waals surface area contributed by atoms with Crippen molar-refractivity contribution < 1.29 is 4.79 Å². The van der Waals surface area contributed by atoms with E-state index in [0.29, 0.717) is 12.3 Å². The largest absolute Gasteiger partial charge is 0.287 e. The highest BCUT2D eigenvalue weighted by molar-refractivity contribution is 8.13. The van der Waals surface area contributed by atoms with Gasteiger partial charge in [0.05, 0.1) is 0 Å². The van der Waals surface area contributed by atoms with Crippen LogP contribution in [0.4, 0.5) is 0 Å². The highest BCUT2D eigenvalue weighted by Crippen LogP contribution is 2.06. The highest BCUT2D eigenvalue weighted by Gasteiger charge is 1.97. The average Bonchev–Trinajstić information content (AvgIpc) is 1.85. The first-order valence-electron chi connectivity index (χ1n) is 3.02. The van der Waals surface area contributed by atoms with Crippen LogP contribution < -0.4 is 0 Å². The van der Waals surface area contributed by atoms with Crippen molar-refractivity contribution in [2.75, 3.05) is 11.6 Å². The minimum atomic E-state index is 0.262. The van der Waals surface area contributed by atoms with E-state index in [1.807, 2.05) is 6.92 Å². The van der Waals surface area contributed by atoms with E-state index in [2.05, 4.69) is 0 Å². The Morgan fingerprint density at radius 3 is 2.78 bits per heavy atom. The highest BCUT2D eigenvalue weighted by atomic mass is 35.5. The predicted octanol–water partition coefficient (Wildman–Crippen LogP) is 2.29. The summed E-state index contributed by atoms with van der Waals surface area (Å²) in [6, 6.07) is 0. The molecular weight excluding hydrogens is 156 g/mol. The van der Waals surface area contributed by atoms with Gasteiger partial charge in [0, 0.05) is 18.1 Å². The maximum absolute atomic E-state index is 10.7. The van der Waals surface area contributed by atoms with E-state index in [-0.39, 0.29) is 5.12 Å². The summed E-state index contributed by atoms with van der Waals surface area (Å²) in [5.41, 5.74) is 0. The average molecular weight is 167 g/mol. The van der Waals surface area contributed by atoms with Crippen LogP contribution >= 0.6 is 23.4 Å². The molecule has 0 aromatic rings. The van der Waals surface area contributed by atoms with Crippen molar-refractivity contribution in [3.05, 3.63) is 0 Å². The molecule has 0 bridgehead atoms. The van der Waals surface area contributed by atoms with E-state index in [1.165, 1.54) is 11.8 Å². The summed E-state index contributed by atoms with van der Waals surface area (Å²) in [7, 11) is 0. The molecule has 0 fully saturated rings. The number of rotatable bonds is 4. The molecule has 0 aromatic heterocycles. The quantitative estimate of drug-likeness (QED) is 0.597. The lowest BCUT2D eigenvalue weighted by Gasteiger charge is -1.93. The molecule has 9 heavy (non-hydrogen) atoms. The molecule has 0 unspecified atom stereocenters. The Balaban J connectivity index is 3.06. The molecular formula is C6H11ClOS. The van der Waals surface area contributed by atoms with Crippen molar-refractivity contribution in [1.82, 2.24) is 0 Å². The Kier molecular flexibility index (Phi) is 6.65. The van der Waals surface area contributed by atoms with Gasteiger partial charge in [-0.3, -0.25) is 4.79 Å². The summed E-state index contributed by atoms with van der Waals surface area (Å²) in [6.07, 6.45) is 1.62. The Morgan fingerprint density at radius 1 is 1.67 bits per heavy atom. The molecule has 0 atom stereocenters. The minimum absolute atomic E-state index is 0.262. The molecule has 1 nitrogen and oxygen atoms in total. The number of alkyl halides is 1. The van der Waals surface area contributed by atoms with Gasteiger partial charge in [-0.25, -0.2) is 0 Å². The first-order chi connectivity index (χ1) is 4.31. The lowest BCUT2D eigenvalue weighted by molar-refractivity contribution is -0.111. The molecule has 0 saturated carbocycles. The van der Waals surface area contributed by atoms with E-state index < -0.39 is 0 Å². The molecule has 0 saturated heterocycles. The van der Waals surface area contributed by atoms with E-state index in [0.717, 1.165) is 12.2 Å². The van der Waals surface area contributed by atoms with Crippen molar-refractivity contribution in [1.29, 1.82) is 0 Å². The van der Waals surface area contributed by atoms with Crippen LogP contribution in [0.5, 0.6) is 0 Å². The lowest BCUT2D eigenvalue weighted by Crippen LogP contribution is -1.92. The molecule has 0 amide bonds. The molecule has 0 aromatic carbocycles. The number of thioether (sulfide) groups is 1. The van der Waals surface area contributed by atoms with Gasteiger partial charge in [0.25, 0.3) is 0 Å². The fraction of sp³-hybridized carbons (Fsp3) is 0.833. The van der Waals surface area contributed by atoms with Gasteiger partial charge in [0.15, 0.2) is 5.12 Å². The van der Waals surface area contributed by atoms with Gasteiger partial charge in [0.1, 0.15) is 0 Å². The number of carbonyl (C=O) groups is 1. The van der Waals surface area contributed by atoms with Gasteiger partial charge in [-0.1, -0.05) is 18.7 Å². The van der Waals surface area contributed by atoms with Crippen LogP contribution in [-0.4, -0.2) is 16.7 Å². The van der Waals surface area contributed by atoms with Crippen molar-refractivity contribution in [3.8, 4) is 0 Å². The van der Waals surface area contributed by atoms with Crippen LogP contribution in [0.1, 0.15) is 19.8 Å². The molecule has 0 heterocycles. The van der Waals surface area contributed by atoms with E-state index in [4.69, 9.17) is 11.6 Å². The van der Waals surface area contributed by atoms with Crippen molar-refractivity contribution >= 4 is 28.5 Å². The summed E-state index contributed by atoms with van der Waals surface area (Å²) in [6.45, 7) is 2.00. The van der Waals surface area contributed by atoms with Crippen molar-refractivity contribution in [2.45, 2.75) is 19.8 Å². The topological polar surface area (TPSA) is 17.1 Å². The molecule has 0 aliphatic heterocycles. The van der Waals surface area contributed by atoms with Gasteiger partial charge >= 0.3 is 0 Å². The van der Waals surface area contributed by atoms with Gasteiger partial charge < -0.3 is 0 Å². The fourth-order valence-electron chi connectivity index (χ4n) is 0.429. The molecule has 0 spiro atoms. The van der Waals surface area contributed by atoms with Gasteiger partial charge in [-0.2, -0.15) is 0 Å². The normalized spacial score (nSPS) is 9.56. The maximum Gasteiger partial charge on any atom is 0.188 e.